The largest absolute Gasteiger partial charge is 0.352 e. The standard InChI is InChI=1S/C20H25ClN2O3S/c1-15-9-11-17(12-10-15)14-22-20(24)8-5-13-23(27(3,25)26)19-7-4-6-18(21)16(19)2/h4,6-7,9-12H,5,8,13-14H2,1-3H3,(H,22,24). The number of amides is 1. The quantitative estimate of drug-likeness (QED) is 0.722. The molecule has 2 aromatic rings. The first kappa shape index (κ1) is 21.3. The minimum atomic E-state index is -3.47. The van der Waals surface area contributed by atoms with Crippen LogP contribution in [0.5, 0.6) is 0 Å². The summed E-state index contributed by atoms with van der Waals surface area (Å²) in [6.45, 7) is 4.47. The lowest BCUT2D eigenvalue weighted by molar-refractivity contribution is -0.121. The molecule has 5 nitrogen and oxygen atoms in total. The van der Waals surface area contributed by atoms with Crippen LogP contribution in [-0.2, 0) is 21.4 Å². The zero-order chi connectivity index (χ0) is 20.0. The van der Waals surface area contributed by atoms with E-state index in [0.717, 1.165) is 11.8 Å². The molecule has 0 aliphatic heterocycles. The molecule has 27 heavy (non-hydrogen) atoms. The molecule has 0 spiro atoms. The van der Waals surface area contributed by atoms with Gasteiger partial charge >= 0.3 is 0 Å². The van der Waals surface area contributed by atoms with Gasteiger partial charge in [-0.3, -0.25) is 9.10 Å². The first-order chi connectivity index (χ1) is 12.7. The maximum absolute atomic E-state index is 12.2. The highest BCUT2D eigenvalue weighted by molar-refractivity contribution is 7.92. The van der Waals surface area contributed by atoms with Crippen LogP contribution >= 0.6 is 11.6 Å². The van der Waals surface area contributed by atoms with Gasteiger partial charge in [-0.2, -0.15) is 0 Å². The zero-order valence-corrected chi connectivity index (χ0v) is 17.4. The van der Waals surface area contributed by atoms with Gasteiger partial charge in [-0.15, -0.1) is 0 Å². The van der Waals surface area contributed by atoms with Crippen molar-refractivity contribution in [3.63, 3.8) is 0 Å². The van der Waals surface area contributed by atoms with Gasteiger partial charge in [-0.1, -0.05) is 47.5 Å². The second-order valence-corrected chi connectivity index (χ2v) is 8.90. The minimum Gasteiger partial charge on any atom is -0.352 e. The van der Waals surface area contributed by atoms with Crippen LogP contribution in [0.3, 0.4) is 0 Å². The number of carbonyl (C=O) groups excluding carboxylic acids is 1. The molecule has 1 amide bonds. The van der Waals surface area contributed by atoms with Gasteiger partial charge in [0.2, 0.25) is 15.9 Å². The van der Waals surface area contributed by atoms with E-state index in [1.807, 2.05) is 31.2 Å². The number of carbonyl (C=O) groups is 1. The summed E-state index contributed by atoms with van der Waals surface area (Å²) in [5.74, 6) is -0.105. The van der Waals surface area contributed by atoms with E-state index >= 15 is 0 Å². The van der Waals surface area contributed by atoms with Crippen molar-refractivity contribution in [2.24, 2.45) is 0 Å². The van der Waals surface area contributed by atoms with E-state index in [0.29, 0.717) is 29.2 Å². The van der Waals surface area contributed by atoms with Crippen LogP contribution in [0.2, 0.25) is 5.02 Å². The summed E-state index contributed by atoms with van der Waals surface area (Å²) in [7, 11) is -3.47. The molecule has 2 rings (SSSR count). The molecule has 0 saturated carbocycles. The van der Waals surface area contributed by atoms with Gasteiger partial charge in [-0.05, 0) is 43.5 Å². The molecule has 0 saturated heterocycles. The topological polar surface area (TPSA) is 66.5 Å². The predicted molar refractivity (Wildman–Crippen MR) is 111 cm³/mol. The highest BCUT2D eigenvalue weighted by Crippen LogP contribution is 2.28. The number of aryl methyl sites for hydroxylation is 1. The van der Waals surface area contributed by atoms with E-state index in [1.54, 1.807) is 25.1 Å². The number of rotatable bonds is 8. The second kappa shape index (κ2) is 9.24. The zero-order valence-electron chi connectivity index (χ0n) is 15.8. The number of nitrogens with one attached hydrogen (secondary N) is 1. The molecule has 7 heteroatoms. The van der Waals surface area contributed by atoms with Gasteiger partial charge in [0, 0.05) is 24.5 Å². The van der Waals surface area contributed by atoms with Gasteiger partial charge in [-0.25, -0.2) is 8.42 Å². The molecule has 0 unspecified atom stereocenters. The monoisotopic (exact) mass is 408 g/mol. The molecule has 0 radical (unpaired) electrons. The van der Waals surface area contributed by atoms with E-state index in [4.69, 9.17) is 11.6 Å². The molecular weight excluding hydrogens is 384 g/mol. The van der Waals surface area contributed by atoms with Crippen LogP contribution in [-0.4, -0.2) is 27.1 Å². The van der Waals surface area contributed by atoms with Crippen molar-refractivity contribution in [1.82, 2.24) is 5.32 Å². The number of halogens is 1. The molecule has 146 valence electrons. The van der Waals surface area contributed by atoms with Crippen molar-refractivity contribution in [3.8, 4) is 0 Å². The number of benzene rings is 2. The van der Waals surface area contributed by atoms with Crippen LogP contribution in [0, 0.1) is 13.8 Å². The molecule has 0 heterocycles. The Morgan fingerprint density at radius 1 is 1.11 bits per heavy atom. The van der Waals surface area contributed by atoms with Gasteiger partial charge < -0.3 is 5.32 Å². The lowest BCUT2D eigenvalue weighted by atomic mass is 10.1. The highest BCUT2D eigenvalue weighted by Gasteiger charge is 2.20. The molecule has 0 atom stereocenters. The van der Waals surface area contributed by atoms with Crippen molar-refractivity contribution in [2.75, 3.05) is 17.1 Å². The average Bonchev–Trinajstić information content (AvgIpc) is 2.60. The Hall–Kier alpha value is -2.05. The van der Waals surface area contributed by atoms with Crippen molar-refractivity contribution in [3.05, 3.63) is 64.2 Å². The lowest BCUT2D eigenvalue weighted by Crippen LogP contribution is -2.32. The SMILES string of the molecule is Cc1ccc(CNC(=O)CCCN(c2cccc(Cl)c2C)S(C)(=O)=O)cc1. The normalized spacial score (nSPS) is 11.3. The van der Waals surface area contributed by atoms with Crippen LogP contribution in [0.25, 0.3) is 0 Å². The van der Waals surface area contributed by atoms with Crippen LogP contribution in [0.1, 0.15) is 29.5 Å². The van der Waals surface area contributed by atoms with Crippen molar-refractivity contribution < 1.29 is 13.2 Å². The molecule has 0 aromatic heterocycles. The number of nitrogens with zero attached hydrogens (tertiary/aromatic N) is 1. The van der Waals surface area contributed by atoms with Gasteiger partial charge in [0.15, 0.2) is 0 Å². The molecule has 2 aromatic carbocycles. The smallest absolute Gasteiger partial charge is 0.232 e. The first-order valence-electron chi connectivity index (χ1n) is 8.73. The Morgan fingerprint density at radius 2 is 1.78 bits per heavy atom. The van der Waals surface area contributed by atoms with E-state index in [9.17, 15) is 13.2 Å². The van der Waals surface area contributed by atoms with Crippen molar-refractivity contribution in [1.29, 1.82) is 0 Å². The van der Waals surface area contributed by atoms with Crippen LogP contribution in [0.4, 0.5) is 5.69 Å². The number of hydrogen-bond donors (Lipinski definition) is 1. The van der Waals surface area contributed by atoms with Crippen molar-refractivity contribution in [2.45, 2.75) is 33.2 Å². The van der Waals surface area contributed by atoms with E-state index < -0.39 is 10.0 Å². The Labute approximate surface area is 166 Å². The summed E-state index contributed by atoms with van der Waals surface area (Å²) in [5.41, 5.74) is 3.45. The second-order valence-electron chi connectivity index (χ2n) is 6.58. The van der Waals surface area contributed by atoms with Crippen LogP contribution < -0.4 is 9.62 Å². The number of anilines is 1. The summed E-state index contributed by atoms with van der Waals surface area (Å²) in [4.78, 5) is 12.1. The predicted octanol–water partition coefficient (Wildman–Crippen LogP) is 3.82. The maximum Gasteiger partial charge on any atom is 0.232 e. The average molecular weight is 409 g/mol. The molecule has 0 bridgehead atoms. The first-order valence-corrected chi connectivity index (χ1v) is 11.0. The summed E-state index contributed by atoms with van der Waals surface area (Å²) in [6, 6.07) is 13.1. The van der Waals surface area contributed by atoms with E-state index in [2.05, 4.69) is 5.32 Å². The van der Waals surface area contributed by atoms with Gasteiger partial charge in [0.05, 0.1) is 11.9 Å². The molecule has 0 fully saturated rings. The Morgan fingerprint density at radius 3 is 2.41 bits per heavy atom. The fourth-order valence-electron chi connectivity index (χ4n) is 2.71. The molecule has 0 aliphatic carbocycles. The summed E-state index contributed by atoms with van der Waals surface area (Å²) < 4.78 is 25.7. The minimum absolute atomic E-state index is 0.105. The third-order valence-corrected chi connectivity index (χ3v) is 5.87. The summed E-state index contributed by atoms with van der Waals surface area (Å²) in [6.07, 6.45) is 1.82. The Kier molecular flexibility index (Phi) is 7.27. The molecular formula is C20H25ClN2O3S. The van der Waals surface area contributed by atoms with Gasteiger partial charge in [0.1, 0.15) is 0 Å². The molecule has 1 N–H and O–H groups in total. The van der Waals surface area contributed by atoms with E-state index in [1.165, 1.54) is 9.87 Å². The number of sulfonamides is 1. The van der Waals surface area contributed by atoms with Gasteiger partial charge in [0.25, 0.3) is 0 Å². The maximum atomic E-state index is 12.2. The lowest BCUT2D eigenvalue weighted by Gasteiger charge is -2.24. The fourth-order valence-corrected chi connectivity index (χ4v) is 3.89. The van der Waals surface area contributed by atoms with E-state index in [-0.39, 0.29) is 18.9 Å². The van der Waals surface area contributed by atoms with Crippen LogP contribution in [0.15, 0.2) is 42.5 Å². The number of hydrogen-bond acceptors (Lipinski definition) is 3. The third-order valence-electron chi connectivity index (χ3n) is 4.28. The van der Waals surface area contributed by atoms with Crippen molar-refractivity contribution >= 4 is 33.2 Å². The fraction of sp³-hybridized carbons (Fsp3) is 0.350. The Balaban J connectivity index is 1.93. The Bertz CT molecular complexity index is 896. The third kappa shape index (κ3) is 6.26. The highest BCUT2D eigenvalue weighted by atomic mass is 35.5. The summed E-state index contributed by atoms with van der Waals surface area (Å²) >= 11 is 6.12. The summed E-state index contributed by atoms with van der Waals surface area (Å²) in [5, 5.41) is 3.37. The molecule has 0 aliphatic rings.